The van der Waals surface area contributed by atoms with Gasteiger partial charge < -0.3 is 15.1 Å². The third-order valence-electron chi connectivity index (χ3n) is 2.51. The summed E-state index contributed by atoms with van der Waals surface area (Å²) in [6.07, 6.45) is 0.482. The van der Waals surface area contributed by atoms with Crippen molar-refractivity contribution in [2.75, 3.05) is 13.2 Å². The van der Waals surface area contributed by atoms with Crippen molar-refractivity contribution >= 4 is 19.4 Å². The third kappa shape index (κ3) is 6.64. The molecule has 0 aliphatic rings. The van der Waals surface area contributed by atoms with Crippen molar-refractivity contribution in [3.05, 3.63) is 0 Å². The van der Waals surface area contributed by atoms with Crippen LogP contribution in [0.15, 0.2) is 0 Å². The normalized spacial score (nSPS) is 11.9. The van der Waals surface area contributed by atoms with Gasteiger partial charge in [-0.05, 0) is 25.6 Å². The predicted molar refractivity (Wildman–Crippen MR) is 70.1 cm³/mol. The summed E-state index contributed by atoms with van der Waals surface area (Å²) < 4.78 is 5.10. The van der Waals surface area contributed by atoms with Gasteiger partial charge in [0.05, 0.1) is 12.0 Å². The van der Waals surface area contributed by atoms with Crippen LogP contribution in [0, 0.1) is 5.41 Å². The van der Waals surface area contributed by atoms with Gasteiger partial charge >= 0.3 is 5.97 Å². The lowest BCUT2D eigenvalue weighted by Gasteiger charge is -2.31. The molecule has 18 heavy (non-hydrogen) atoms. The van der Waals surface area contributed by atoms with E-state index in [1.54, 1.807) is 13.8 Å². The standard InChI is InChI=1S/C12H23BNO4/c1-9(15)14-6-7-18-10(16)11(2,3)8-12(4,5)13-17/h17H,6-8H2,1-5H3,(H,14,15). The molecule has 2 N–H and O–H groups in total. The van der Waals surface area contributed by atoms with E-state index in [9.17, 15) is 9.59 Å². The Morgan fingerprint density at radius 3 is 2.28 bits per heavy atom. The van der Waals surface area contributed by atoms with E-state index in [1.165, 1.54) is 6.92 Å². The summed E-state index contributed by atoms with van der Waals surface area (Å²) in [5.74, 6) is -0.482. The SMILES string of the molecule is CC(=O)NCCOC(=O)C(C)(C)CC(C)(C)[B]O. The Bertz CT molecular complexity index is 302. The first-order valence-corrected chi connectivity index (χ1v) is 6.01. The topological polar surface area (TPSA) is 75.6 Å². The fraction of sp³-hybridized carbons (Fsp3) is 0.833. The number of esters is 1. The molecule has 0 aliphatic carbocycles. The molecule has 6 heteroatoms. The molecule has 0 unspecified atom stereocenters. The van der Waals surface area contributed by atoms with Crippen LogP contribution in [0.25, 0.3) is 0 Å². The molecule has 103 valence electrons. The van der Waals surface area contributed by atoms with Crippen LogP contribution in [0.3, 0.4) is 0 Å². The highest BCUT2D eigenvalue weighted by Gasteiger charge is 2.36. The first kappa shape index (κ1) is 17.0. The summed E-state index contributed by atoms with van der Waals surface area (Å²) in [5.41, 5.74) is -0.682. The molecule has 0 aromatic heterocycles. The van der Waals surface area contributed by atoms with E-state index in [1.807, 2.05) is 13.8 Å². The minimum Gasteiger partial charge on any atom is -0.463 e. The molecule has 0 saturated carbocycles. The maximum absolute atomic E-state index is 11.9. The molecule has 0 aromatic rings. The monoisotopic (exact) mass is 256 g/mol. The van der Waals surface area contributed by atoms with Crippen LogP contribution in [0.4, 0.5) is 0 Å². The van der Waals surface area contributed by atoms with E-state index < -0.39 is 10.7 Å². The smallest absolute Gasteiger partial charge is 0.311 e. The van der Waals surface area contributed by atoms with Crippen molar-refractivity contribution in [1.29, 1.82) is 0 Å². The lowest BCUT2D eigenvalue weighted by atomic mass is 9.59. The van der Waals surface area contributed by atoms with Gasteiger partial charge in [-0.2, -0.15) is 0 Å². The van der Waals surface area contributed by atoms with Crippen LogP contribution < -0.4 is 5.32 Å². The largest absolute Gasteiger partial charge is 0.463 e. The van der Waals surface area contributed by atoms with Crippen LogP contribution in [0.2, 0.25) is 5.31 Å². The number of carbonyl (C=O) groups is 2. The average Bonchev–Trinajstić information content (AvgIpc) is 2.22. The number of hydrogen-bond acceptors (Lipinski definition) is 4. The highest BCUT2D eigenvalue weighted by Crippen LogP contribution is 2.38. The van der Waals surface area contributed by atoms with Gasteiger partial charge in [0, 0.05) is 6.92 Å². The van der Waals surface area contributed by atoms with Crippen molar-refractivity contribution in [3.8, 4) is 0 Å². The summed E-state index contributed by atoms with van der Waals surface area (Å²) in [6.45, 7) is 9.12. The van der Waals surface area contributed by atoms with Gasteiger partial charge in [-0.1, -0.05) is 13.8 Å². The Labute approximate surface area is 110 Å². The van der Waals surface area contributed by atoms with E-state index in [2.05, 4.69) is 5.32 Å². The van der Waals surface area contributed by atoms with E-state index in [4.69, 9.17) is 9.76 Å². The zero-order chi connectivity index (χ0) is 14.4. The maximum atomic E-state index is 11.9. The quantitative estimate of drug-likeness (QED) is 0.403. The predicted octanol–water partition coefficient (Wildman–Crippen LogP) is 0.892. The molecule has 1 radical (unpaired) electrons. The summed E-state index contributed by atoms with van der Waals surface area (Å²) >= 11 is 0. The second-order valence-corrected chi connectivity index (χ2v) is 5.80. The van der Waals surface area contributed by atoms with Gasteiger partial charge in [-0.15, -0.1) is 0 Å². The molecule has 0 heterocycles. The van der Waals surface area contributed by atoms with Crippen LogP contribution in [0.5, 0.6) is 0 Å². The van der Waals surface area contributed by atoms with Gasteiger partial charge in [0.15, 0.2) is 0 Å². The Hall–Kier alpha value is -1.04. The van der Waals surface area contributed by atoms with Crippen LogP contribution >= 0.6 is 0 Å². The first-order chi connectivity index (χ1) is 8.10. The van der Waals surface area contributed by atoms with E-state index in [-0.39, 0.29) is 18.5 Å². The third-order valence-corrected chi connectivity index (χ3v) is 2.51. The van der Waals surface area contributed by atoms with E-state index in [0.717, 1.165) is 7.48 Å². The number of hydrogen-bond donors (Lipinski definition) is 2. The van der Waals surface area contributed by atoms with Gasteiger partial charge in [-0.3, -0.25) is 9.59 Å². The second kappa shape index (κ2) is 6.78. The molecule has 0 fully saturated rings. The Balaban J connectivity index is 4.18. The molecule has 0 saturated heterocycles. The van der Waals surface area contributed by atoms with Gasteiger partial charge in [0.25, 0.3) is 7.48 Å². The lowest BCUT2D eigenvalue weighted by Crippen LogP contribution is -2.34. The lowest BCUT2D eigenvalue weighted by molar-refractivity contribution is -0.154. The van der Waals surface area contributed by atoms with Crippen LogP contribution in [0.1, 0.15) is 41.0 Å². The molecule has 5 nitrogen and oxygen atoms in total. The second-order valence-electron chi connectivity index (χ2n) is 5.80. The fourth-order valence-electron chi connectivity index (χ4n) is 1.82. The average molecular weight is 256 g/mol. The Kier molecular flexibility index (Phi) is 6.39. The molecule has 0 aliphatic heterocycles. The molecule has 0 bridgehead atoms. The molecular formula is C12H23BNO4. The highest BCUT2D eigenvalue weighted by molar-refractivity contribution is 6.30. The molecule has 0 spiro atoms. The first-order valence-electron chi connectivity index (χ1n) is 6.01. The summed E-state index contributed by atoms with van der Waals surface area (Å²) in [4.78, 5) is 22.5. The van der Waals surface area contributed by atoms with Crippen molar-refractivity contribution in [3.63, 3.8) is 0 Å². The molecule has 0 rings (SSSR count). The van der Waals surface area contributed by atoms with Crippen LogP contribution in [-0.4, -0.2) is 37.5 Å². The number of ether oxygens (including phenoxy) is 1. The molecule has 0 aromatic carbocycles. The van der Waals surface area contributed by atoms with Gasteiger partial charge in [0.1, 0.15) is 6.61 Å². The van der Waals surface area contributed by atoms with Gasteiger partial charge in [0.2, 0.25) is 5.91 Å². The minimum atomic E-state index is -0.682. The maximum Gasteiger partial charge on any atom is 0.311 e. The number of nitrogens with one attached hydrogen (secondary N) is 1. The summed E-state index contributed by atoms with van der Waals surface area (Å²) in [5, 5.41) is 11.2. The number of amides is 1. The van der Waals surface area contributed by atoms with Crippen molar-refractivity contribution < 1.29 is 19.3 Å². The van der Waals surface area contributed by atoms with Crippen molar-refractivity contribution in [1.82, 2.24) is 5.32 Å². The zero-order valence-electron chi connectivity index (χ0n) is 11.9. The van der Waals surface area contributed by atoms with E-state index in [0.29, 0.717) is 13.0 Å². The van der Waals surface area contributed by atoms with Crippen molar-refractivity contribution in [2.24, 2.45) is 5.41 Å². The van der Waals surface area contributed by atoms with Crippen molar-refractivity contribution in [2.45, 2.75) is 46.4 Å². The van der Waals surface area contributed by atoms with Crippen LogP contribution in [-0.2, 0) is 14.3 Å². The molecule has 0 atom stereocenters. The number of rotatable bonds is 7. The molecular weight excluding hydrogens is 233 g/mol. The fourth-order valence-corrected chi connectivity index (χ4v) is 1.82. The Morgan fingerprint density at radius 1 is 1.28 bits per heavy atom. The number of carbonyl (C=O) groups excluding carboxylic acids is 2. The van der Waals surface area contributed by atoms with E-state index >= 15 is 0 Å². The zero-order valence-corrected chi connectivity index (χ0v) is 11.9. The summed E-state index contributed by atoms with van der Waals surface area (Å²) in [7, 11) is 1.10. The minimum absolute atomic E-state index is 0.152. The Morgan fingerprint density at radius 2 is 1.83 bits per heavy atom. The highest BCUT2D eigenvalue weighted by atomic mass is 16.5. The summed E-state index contributed by atoms with van der Waals surface area (Å²) in [6, 6.07) is 0. The molecule has 1 amide bonds. The van der Waals surface area contributed by atoms with Gasteiger partial charge in [-0.25, -0.2) is 0 Å².